The summed E-state index contributed by atoms with van der Waals surface area (Å²) < 4.78 is 6.67. The Labute approximate surface area is 192 Å². The topological polar surface area (TPSA) is 50.7 Å². The number of nitrogens with zero attached hydrogens (tertiary/aromatic N) is 1. The van der Waals surface area contributed by atoms with E-state index in [2.05, 4.69) is 26.2 Å². The molecule has 0 bridgehead atoms. The number of benzene rings is 3. The molecule has 1 amide bonds. The van der Waals surface area contributed by atoms with E-state index in [1.54, 1.807) is 0 Å². The number of carbonyl (C=O) groups excluding carboxylic acids is 1. The number of thioether (sulfide) groups is 1. The first kappa shape index (κ1) is 20.7. The van der Waals surface area contributed by atoms with E-state index >= 15 is 0 Å². The number of ether oxygens (including phenoxy) is 1. The van der Waals surface area contributed by atoms with Gasteiger partial charge in [-0.25, -0.2) is 4.99 Å². The van der Waals surface area contributed by atoms with Crippen LogP contribution in [0.5, 0.6) is 5.75 Å². The Bertz CT molecular complexity index is 1150. The van der Waals surface area contributed by atoms with Crippen LogP contribution in [-0.4, -0.2) is 11.1 Å². The van der Waals surface area contributed by atoms with Gasteiger partial charge in [-0.15, -0.1) is 0 Å². The molecule has 4 nitrogen and oxygen atoms in total. The molecule has 0 radical (unpaired) electrons. The first-order valence-corrected chi connectivity index (χ1v) is 11.1. The van der Waals surface area contributed by atoms with Gasteiger partial charge < -0.3 is 10.1 Å². The summed E-state index contributed by atoms with van der Waals surface area (Å²) in [5.41, 5.74) is 2.59. The Balaban J connectivity index is 1.46. The van der Waals surface area contributed by atoms with Crippen molar-refractivity contribution in [2.75, 3.05) is 0 Å². The maximum absolute atomic E-state index is 12.3. The Kier molecular flexibility index (Phi) is 6.57. The van der Waals surface area contributed by atoms with Crippen molar-refractivity contribution < 1.29 is 9.53 Å². The summed E-state index contributed by atoms with van der Waals surface area (Å²) in [5.74, 6) is 0.539. The normalized spacial score (nSPS) is 16.1. The van der Waals surface area contributed by atoms with Gasteiger partial charge in [0.2, 0.25) is 0 Å². The van der Waals surface area contributed by atoms with Gasteiger partial charge in [0, 0.05) is 10.6 Å². The molecule has 0 saturated carbocycles. The quantitative estimate of drug-likeness (QED) is 0.404. The van der Waals surface area contributed by atoms with E-state index in [9.17, 15) is 4.79 Å². The van der Waals surface area contributed by atoms with Crippen molar-refractivity contribution in [3.63, 3.8) is 0 Å². The number of halogens is 2. The lowest BCUT2D eigenvalue weighted by Crippen LogP contribution is -2.19. The summed E-state index contributed by atoms with van der Waals surface area (Å²) in [7, 11) is 0. The zero-order chi connectivity index (χ0) is 20.9. The highest BCUT2D eigenvalue weighted by atomic mass is 79.9. The molecule has 1 aliphatic rings. The molecular weight excluding hydrogens is 484 g/mol. The molecule has 0 spiro atoms. The number of amides is 1. The highest BCUT2D eigenvalue weighted by molar-refractivity contribution is 9.10. The van der Waals surface area contributed by atoms with Crippen molar-refractivity contribution in [2.45, 2.75) is 6.61 Å². The first-order chi connectivity index (χ1) is 14.6. The molecule has 0 atom stereocenters. The molecule has 7 heteroatoms. The predicted octanol–water partition coefficient (Wildman–Crippen LogP) is 6.57. The summed E-state index contributed by atoms with van der Waals surface area (Å²) in [6, 6.07) is 22.8. The van der Waals surface area contributed by atoms with E-state index in [1.807, 2.05) is 78.9 Å². The maximum atomic E-state index is 12.3. The Hall–Kier alpha value is -2.54. The van der Waals surface area contributed by atoms with Crippen LogP contribution in [0.4, 0.5) is 5.69 Å². The highest BCUT2D eigenvalue weighted by Crippen LogP contribution is 2.31. The molecule has 150 valence electrons. The second-order valence-corrected chi connectivity index (χ2v) is 8.68. The number of amidine groups is 1. The van der Waals surface area contributed by atoms with Crippen LogP contribution in [-0.2, 0) is 11.4 Å². The standard InChI is InChI=1S/C23H16BrClN2O2S/c24-18-12-15(10-11-20(18)29-14-16-6-4-5-9-19(16)25)13-21-22(28)27-23(30-21)26-17-7-2-1-3-8-17/h1-13H,14H2,(H,26,27,28)/b21-13+. The van der Waals surface area contributed by atoms with E-state index in [1.165, 1.54) is 11.8 Å². The van der Waals surface area contributed by atoms with Crippen LogP contribution in [0.2, 0.25) is 5.02 Å². The monoisotopic (exact) mass is 498 g/mol. The van der Waals surface area contributed by atoms with Crippen molar-refractivity contribution >= 4 is 62.1 Å². The average molecular weight is 500 g/mol. The van der Waals surface area contributed by atoms with E-state index in [0.29, 0.717) is 27.5 Å². The first-order valence-electron chi connectivity index (χ1n) is 9.09. The summed E-state index contributed by atoms with van der Waals surface area (Å²) in [6.07, 6.45) is 1.83. The van der Waals surface area contributed by atoms with E-state index in [0.717, 1.165) is 21.3 Å². The molecule has 0 aromatic heterocycles. The van der Waals surface area contributed by atoms with Gasteiger partial charge in [0.1, 0.15) is 12.4 Å². The molecule has 30 heavy (non-hydrogen) atoms. The summed E-state index contributed by atoms with van der Waals surface area (Å²) in [6.45, 7) is 0.371. The maximum Gasteiger partial charge on any atom is 0.264 e. The summed E-state index contributed by atoms with van der Waals surface area (Å²) in [4.78, 5) is 17.3. The van der Waals surface area contributed by atoms with Gasteiger partial charge in [-0.05, 0) is 69.7 Å². The molecule has 1 saturated heterocycles. The molecule has 3 aromatic rings. The van der Waals surface area contributed by atoms with Crippen LogP contribution in [0.25, 0.3) is 6.08 Å². The van der Waals surface area contributed by atoms with Crippen molar-refractivity contribution in [3.8, 4) is 5.75 Å². The van der Waals surface area contributed by atoms with Crippen molar-refractivity contribution in [3.05, 3.63) is 98.3 Å². The third kappa shape index (κ3) is 5.14. The van der Waals surface area contributed by atoms with Gasteiger partial charge in [0.15, 0.2) is 5.17 Å². The fourth-order valence-electron chi connectivity index (χ4n) is 2.75. The van der Waals surface area contributed by atoms with Gasteiger partial charge in [0.25, 0.3) is 5.91 Å². The summed E-state index contributed by atoms with van der Waals surface area (Å²) >= 11 is 11.0. The molecule has 0 unspecified atom stereocenters. The van der Waals surface area contributed by atoms with Crippen LogP contribution in [0.15, 0.2) is 87.2 Å². The number of carbonyl (C=O) groups is 1. The summed E-state index contributed by atoms with van der Waals surface area (Å²) in [5, 5.41) is 4.04. The zero-order valence-electron chi connectivity index (χ0n) is 15.6. The number of rotatable bonds is 5. The molecule has 0 aliphatic carbocycles. The lowest BCUT2D eigenvalue weighted by Gasteiger charge is -2.10. The van der Waals surface area contributed by atoms with Crippen LogP contribution < -0.4 is 10.1 Å². The lowest BCUT2D eigenvalue weighted by atomic mass is 10.2. The minimum Gasteiger partial charge on any atom is -0.488 e. The number of nitrogens with one attached hydrogen (secondary N) is 1. The predicted molar refractivity (Wildman–Crippen MR) is 127 cm³/mol. The molecule has 1 heterocycles. The van der Waals surface area contributed by atoms with Crippen LogP contribution in [0, 0.1) is 0 Å². The zero-order valence-corrected chi connectivity index (χ0v) is 18.8. The van der Waals surface area contributed by atoms with E-state index in [4.69, 9.17) is 16.3 Å². The van der Waals surface area contributed by atoms with Crippen LogP contribution in [0.1, 0.15) is 11.1 Å². The molecule has 1 aliphatic heterocycles. The minimum absolute atomic E-state index is 0.162. The Morgan fingerprint density at radius 2 is 1.83 bits per heavy atom. The van der Waals surface area contributed by atoms with Gasteiger partial charge in [-0.3, -0.25) is 4.79 Å². The fourth-order valence-corrected chi connectivity index (χ4v) is 4.29. The molecule has 4 rings (SSSR count). The average Bonchev–Trinajstić information content (AvgIpc) is 3.08. The van der Waals surface area contributed by atoms with Crippen molar-refractivity contribution in [1.82, 2.24) is 5.32 Å². The Morgan fingerprint density at radius 3 is 2.60 bits per heavy atom. The fraction of sp³-hybridized carbons (Fsp3) is 0.0435. The number of para-hydroxylation sites is 1. The van der Waals surface area contributed by atoms with Crippen LogP contribution in [0.3, 0.4) is 0 Å². The molecule has 1 fully saturated rings. The van der Waals surface area contributed by atoms with Gasteiger partial charge in [0.05, 0.1) is 15.1 Å². The number of hydrogen-bond acceptors (Lipinski definition) is 4. The SMILES string of the molecule is O=C1NC(=Nc2ccccc2)S/C1=C/c1ccc(OCc2ccccc2Cl)c(Br)c1. The highest BCUT2D eigenvalue weighted by Gasteiger charge is 2.23. The lowest BCUT2D eigenvalue weighted by molar-refractivity contribution is -0.115. The van der Waals surface area contributed by atoms with Gasteiger partial charge in [-0.1, -0.05) is 54.1 Å². The number of aliphatic imine (C=N–C) groups is 1. The van der Waals surface area contributed by atoms with Crippen LogP contribution >= 0.6 is 39.3 Å². The molecule has 1 N–H and O–H groups in total. The minimum atomic E-state index is -0.162. The third-order valence-corrected chi connectivity index (χ3v) is 6.13. The second-order valence-electron chi connectivity index (χ2n) is 6.39. The Morgan fingerprint density at radius 1 is 1.07 bits per heavy atom. The third-order valence-electron chi connectivity index (χ3n) is 4.23. The van der Waals surface area contributed by atoms with Crippen molar-refractivity contribution in [2.24, 2.45) is 4.99 Å². The van der Waals surface area contributed by atoms with E-state index < -0.39 is 0 Å². The number of hydrogen-bond donors (Lipinski definition) is 1. The molecule has 3 aromatic carbocycles. The second kappa shape index (κ2) is 9.51. The molecular formula is C23H16BrClN2O2S. The van der Waals surface area contributed by atoms with Crippen molar-refractivity contribution in [1.29, 1.82) is 0 Å². The smallest absolute Gasteiger partial charge is 0.264 e. The van der Waals surface area contributed by atoms with E-state index in [-0.39, 0.29) is 5.91 Å². The largest absolute Gasteiger partial charge is 0.488 e. The van der Waals surface area contributed by atoms with Gasteiger partial charge >= 0.3 is 0 Å². The van der Waals surface area contributed by atoms with Gasteiger partial charge in [-0.2, -0.15) is 0 Å².